The van der Waals surface area contributed by atoms with E-state index in [1.165, 1.54) is 13.8 Å². The Balaban J connectivity index is 1.63. The maximum atomic E-state index is 13.4. The van der Waals surface area contributed by atoms with Gasteiger partial charge in [0.1, 0.15) is 35.9 Å². The van der Waals surface area contributed by atoms with Crippen LogP contribution in [0.1, 0.15) is 72.8 Å². The third-order valence-corrected chi connectivity index (χ3v) is 10.00. The van der Waals surface area contributed by atoms with Crippen LogP contribution in [0, 0.1) is 22.7 Å². The van der Waals surface area contributed by atoms with Gasteiger partial charge in [0.15, 0.2) is 0 Å². The number of carbonyl (C=O) groups excluding carboxylic acids is 3. The molecular weight excluding hydrogens is 542 g/mol. The predicted octanol–water partition coefficient (Wildman–Crippen LogP) is 4.65. The van der Waals surface area contributed by atoms with Gasteiger partial charge < -0.3 is 23.4 Å². The average Bonchev–Trinajstić information content (AvgIpc) is 2.94. The van der Waals surface area contributed by atoms with Crippen molar-refractivity contribution in [3.8, 4) is 17.1 Å². The smallest absolute Gasteiger partial charge is 0.343 e. The Labute approximate surface area is 245 Å². The van der Waals surface area contributed by atoms with Crippen LogP contribution in [-0.2, 0) is 35.0 Å². The molecule has 2 aromatic rings. The molecule has 0 spiro atoms. The summed E-state index contributed by atoms with van der Waals surface area (Å²) < 4.78 is 30.0. The van der Waals surface area contributed by atoms with Crippen LogP contribution >= 0.6 is 0 Å². The number of carbonyl (C=O) groups is 3. The zero-order chi connectivity index (χ0) is 30.4. The molecule has 42 heavy (non-hydrogen) atoms. The molecule has 0 aromatic carbocycles. The molecule has 2 saturated carbocycles. The van der Waals surface area contributed by atoms with E-state index in [1.807, 2.05) is 13.8 Å². The molecule has 3 aliphatic rings. The second-order valence-corrected chi connectivity index (χ2v) is 12.6. The first-order valence-electron chi connectivity index (χ1n) is 14.6. The highest BCUT2D eigenvalue weighted by Gasteiger charge is 2.68. The quantitative estimate of drug-likeness (QED) is 0.351. The van der Waals surface area contributed by atoms with Crippen LogP contribution in [-0.4, -0.2) is 47.3 Å². The first-order chi connectivity index (χ1) is 19.8. The van der Waals surface area contributed by atoms with E-state index in [2.05, 4.69) is 11.9 Å². The maximum absolute atomic E-state index is 13.4. The number of ether oxygens (including phenoxy) is 4. The number of pyridine rings is 1. The van der Waals surface area contributed by atoms with Crippen molar-refractivity contribution in [1.29, 1.82) is 0 Å². The fourth-order valence-electron chi connectivity index (χ4n) is 7.90. The summed E-state index contributed by atoms with van der Waals surface area (Å²) in [5.74, 6) is -0.946. The van der Waals surface area contributed by atoms with Crippen molar-refractivity contribution in [2.45, 2.75) is 91.5 Å². The number of nitrogens with zero attached hydrogens (tertiary/aromatic N) is 1. The van der Waals surface area contributed by atoms with Crippen LogP contribution in [0.25, 0.3) is 11.3 Å². The second kappa shape index (κ2) is 10.9. The third kappa shape index (κ3) is 4.98. The standard InChI is InChI=1S/C32H39NO9/c1-7-28(36)41-27-15-24-30(4,11-10-26(39-19(3)35)31(24,5)17-38-18(2)34)25-13-21-23(42-32(25,27)6)14-22(40-29(21)37)20-9-8-12-33-16-20/h8-9,12,14,16,24-27H,7,10-11,13,15,17H2,1-6H3/t24-,25-,26+,27+,30+,31-,32+/m1/s1. The molecule has 226 valence electrons. The van der Waals surface area contributed by atoms with Crippen LogP contribution in [0.3, 0.4) is 0 Å². The Hall–Kier alpha value is -3.69. The molecule has 2 aliphatic carbocycles. The van der Waals surface area contributed by atoms with Crippen molar-refractivity contribution in [2.24, 2.45) is 22.7 Å². The van der Waals surface area contributed by atoms with E-state index in [4.69, 9.17) is 23.4 Å². The number of rotatable bonds is 6. The van der Waals surface area contributed by atoms with Gasteiger partial charge in [-0.05, 0) is 56.1 Å². The predicted molar refractivity (Wildman–Crippen MR) is 150 cm³/mol. The minimum Gasteiger partial charge on any atom is -0.483 e. The summed E-state index contributed by atoms with van der Waals surface area (Å²) in [6, 6.07) is 5.27. The minimum absolute atomic E-state index is 0.0342. The van der Waals surface area contributed by atoms with Crippen molar-refractivity contribution in [2.75, 3.05) is 6.61 Å². The fraction of sp³-hybridized carbons (Fsp3) is 0.594. The van der Waals surface area contributed by atoms with Gasteiger partial charge in [-0.15, -0.1) is 0 Å². The van der Waals surface area contributed by atoms with Crippen molar-refractivity contribution in [1.82, 2.24) is 4.98 Å². The van der Waals surface area contributed by atoms with E-state index in [0.717, 1.165) is 0 Å². The Kier molecular flexibility index (Phi) is 7.70. The molecule has 0 unspecified atom stereocenters. The molecule has 10 heteroatoms. The lowest BCUT2D eigenvalue weighted by atomic mass is 9.43. The van der Waals surface area contributed by atoms with E-state index >= 15 is 0 Å². The summed E-state index contributed by atoms with van der Waals surface area (Å²) in [5, 5.41) is 0. The number of esters is 3. The Morgan fingerprint density at radius 3 is 2.48 bits per heavy atom. The second-order valence-electron chi connectivity index (χ2n) is 12.6. The van der Waals surface area contributed by atoms with Crippen molar-refractivity contribution >= 4 is 17.9 Å². The molecule has 0 bridgehead atoms. The summed E-state index contributed by atoms with van der Waals surface area (Å²) in [6.07, 6.45) is 4.20. The topological polar surface area (TPSA) is 131 Å². The first-order valence-corrected chi connectivity index (χ1v) is 14.6. The molecule has 10 nitrogen and oxygen atoms in total. The van der Waals surface area contributed by atoms with E-state index in [1.54, 1.807) is 37.5 Å². The summed E-state index contributed by atoms with van der Waals surface area (Å²) in [6.45, 7) is 10.6. The molecule has 1 aliphatic heterocycles. The molecule has 2 aromatic heterocycles. The van der Waals surface area contributed by atoms with Gasteiger partial charge in [0.25, 0.3) is 0 Å². The average molecular weight is 582 g/mol. The maximum Gasteiger partial charge on any atom is 0.343 e. The van der Waals surface area contributed by atoms with E-state index in [0.29, 0.717) is 48.3 Å². The minimum atomic E-state index is -0.973. The van der Waals surface area contributed by atoms with Crippen molar-refractivity contribution in [3.05, 3.63) is 46.6 Å². The van der Waals surface area contributed by atoms with Gasteiger partial charge in [0, 0.05) is 55.6 Å². The lowest BCUT2D eigenvalue weighted by Crippen LogP contribution is -2.70. The van der Waals surface area contributed by atoms with Gasteiger partial charge in [-0.1, -0.05) is 20.8 Å². The van der Waals surface area contributed by atoms with Crippen LogP contribution in [0.2, 0.25) is 0 Å². The fourth-order valence-corrected chi connectivity index (χ4v) is 7.90. The molecule has 7 atom stereocenters. The summed E-state index contributed by atoms with van der Waals surface area (Å²) in [7, 11) is 0. The molecule has 3 heterocycles. The highest BCUT2D eigenvalue weighted by molar-refractivity contribution is 5.69. The van der Waals surface area contributed by atoms with Crippen LogP contribution < -0.4 is 10.4 Å². The lowest BCUT2D eigenvalue weighted by Gasteiger charge is -2.65. The number of fused-ring (bicyclic) bond motifs is 4. The van der Waals surface area contributed by atoms with Gasteiger partial charge in [-0.3, -0.25) is 19.4 Å². The van der Waals surface area contributed by atoms with E-state index in [-0.39, 0.29) is 30.8 Å². The van der Waals surface area contributed by atoms with Gasteiger partial charge in [-0.25, -0.2) is 4.79 Å². The SMILES string of the molecule is CCC(=O)O[C@H]1C[C@@H]2[C@](C)(CC[C@H](OC(C)=O)[C@]2(C)COC(C)=O)[C@H]2Cc3c(cc(-c4cccnc4)oc3=O)O[C@]12C. The Morgan fingerprint density at radius 2 is 1.83 bits per heavy atom. The number of hydrogen-bond donors (Lipinski definition) is 0. The molecular formula is C32H39NO9. The van der Waals surface area contributed by atoms with Gasteiger partial charge >= 0.3 is 23.5 Å². The van der Waals surface area contributed by atoms with Crippen LogP contribution in [0.4, 0.5) is 0 Å². The van der Waals surface area contributed by atoms with Crippen molar-refractivity contribution in [3.63, 3.8) is 0 Å². The molecule has 0 radical (unpaired) electrons. The van der Waals surface area contributed by atoms with E-state index in [9.17, 15) is 19.2 Å². The first kappa shape index (κ1) is 29.8. The lowest BCUT2D eigenvalue weighted by molar-refractivity contribution is -0.251. The zero-order valence-corrected chi connectivity index (χ0v) is 25.1. The Bertz CT molecular complexity index is 1440. The normalized spacial score (nSPS) is 33.2. The summed E-state index contributed by atoms with van der Waals surface area (Å²) >= 11 is 0. The molecule has 0 amide bonds. The number of hydrogen-bond acceptors (Lipinski definition) is 10. The Morgan fingerprint density at radius 1 is 1.07 bits per heavy atom. The molecule has 0 N–H and O–H groups in total. The third-order valence-electron chi connectivity index (χ3n) is 10.00. The molecule has 0 saturated heterocycles. The van der Waals surface area contributed by atoms with E-state index < -0.39 is 46.2 Å². The summed E-state index contributed by atoms with van der Waals surface area (Å²) in [5.41, 5.74) is -1.63. The van der Waals surface area contributed by atoms with Gasteiger partial charge in [0.2, 0.25) is 0 Å². The van der Waals surface area contributed by atoms with Gasteiger partial charge in [0.05, 0.1) is 5.56 Å². The molecule has 2 fully saturated rings. The monoisotopic (exact) mass is 581 g/mol. The van der Waals surface area contributed by atoms with Crippen LogP contribution in [0.5, 0.6) is 5.75 Å². The van der Waals surface area contributed by atoms with Crippen molar-refractivity contribution < 1.29 is 37.7 Å². The summed E-state index contributed by atoms with van der Waals surface area (Å²) in [4.78, 5) is 54.4. The van der Waals surface area contributed by atoms with Gasteiger partial charge in [-0.2, -0.15) is 0 Å². The van der Waals surface area contributed by atoms with Crippen LogP contribution in [0.15, 0.2) is 39.8 Å². The molecule has 5 rings (SSSR count). The number of aromatic nitrogens is 1. The highest BCUT2D eigenvalue weighted by Crippen LogP contribution is 2.65. The largest absolute Gasteiger partial charge is 0.483 e. The highest BCUT2D eigenvalue weighted by atomic mass is 16.6. The zero-order valence-electron chi connectivity index (χ0n) is 25.1.